The first-order chi connectivity index (χ1) is 14.2. The van der Waals surface area contributed by atoms with E-state index in [1.807, 2.05) is 65.6 Å². The van der Waals surface area contributed by atoms with Gasteiger partial charge in [-0.05, 0) is 66.6 Å². The minimum Gasteiger partial charge on any atom is -0.339 e. The van der Waals surface area contributed by atoms with E-state index in [0.717, 1.165) is 22.5 Å². The molecule has 0 spiro atoms. The largest absolute Gasteiger partial charge is 0.339 e. The number of rotatable bonds is 6. The van der Waals surface area contributed by atoms with Gasteiger partial charge in [0, 0.05) is 36.7 Å². The number of hydrogen-bond acceptors (Lipinski definition) is 5. The first-order valence-corrected chi connectivity index (χ1v) is 9.97. The third-order valence-electron chi connectivity index (χ3n) is 4.27. The summed E-state index contributed by atoms with van der Waals surface area (Å²) < 4.78 is 1.91. The average Bonchev–Trinajstić information content (AvgIpc) is 3.37. The number of nitrogens with one attached hydrogen (secondary N) is 1. The molecule has 4 heterocycles. The van der Waals surface area contributed by atoms with Gasteiger partial charge in [-0.3, -0.25) is 20.1 Å². The van der Waals surface area contributed by atoms with E-state index in [0.29, 0.717) is 17.4 Å². The molecular formula is C22H19N5OS. The maximum absolute atomic E-state index is 12.7. The van der Waals surface area contributed by atoms with Crippen LogP contribution in [-0.2, 0) is 6.54 Å². The number of anilines is 1. The summed E-state index contributed by atoms with van der Waals surface area (Å²) in [6.45, 7) is 2.63. The molecule has 0 unspecified atom stereocenters. The maximum atomic E-state index is 12.7. The molecule has 0 atom stereocenters. The summed E-state index contributed by atoms with van der Waals surface area (Å²) >= 11 is 1.39. The molecule has 6 nitrogen and oxygen atoms in total. The number of amides is 1. The van der Waals surface area contributed by atoms with E-state index < -0.39 is 0 Å². The molecule has 0 aliphatic heterocycles. The predicted octanol–water partition coefficient (Wildman–Crippen LogP) is 4.51. The van der Waals surface area contributed by atoms with Gasteiger partial charge in [0.15, 0.2) is 5.13 Å². The molecule has 1 amide bonds. The quantitative estimate of drug-likeness (QED) is 0.516. The Kier molecular flexibility index (Phi) is 5.58. The SMILES string of the molecule is Cc1ccnc(C=Cc2csc(NC(=O)c3cccn3Cc3ccncc3)n2)c1. The van der Waals surface area contributed by atoms with Gasteiger partial charge in [0.2, 0.25) is 0 Å². The highest BCUT2D eigenvalue weighted by molar-refractivity contribution is 7.14. The van der Waals surface area contributed by atoms with Crippen molar-refractivity contribution in [2.75, 3.05) is 5.32 Å². The van der Waals surface area contributed by atoms with Crippen LogP contribution < -0.4 is 5.32 Å². The normalized spacial score (nSPS) is 11.1. The van der Waals surface area contributed by atoms with Crippen molar-refractivity contribution < 1.29 is 4.79 Å². The van der Waals surface area contributed by atoms with Crippen LogP contribution in [0.1, 0.15) is 33.0 Å². The van der Waals surface area contributed by atoms with Gasteiger partial charge in [0.25, 0.3) is 5.91 Å². The number of carbonyl (C=O) groups is 1. The van der Waals surface area contributed by atoms with Crippen LogP contribution in [-0.4, -0.2) is 25.4 Å². The predicted molar refractivity (Wildman–Crippen MR) is 116 cm³/mol. The molecule has 29 heavy (non-hydrogen) atoms. The van der Waals surface area contributed by atoms with E-state index in [9.17, 15) is 4.79 Å². The molecule has 144 valence electrons. The highest BCUT2D eigenvalue weighted by Gasteiger charge is 2.13. The van der Waals surface area contributed by atoms with Crippen molar-refractivity contribution in [3.05, 3.63) is 94.8 Å². The first kappa shape index (κ1) is 18.8. The van der Waals surface area contributed by atoms with Gasteiger partial charge in [0.05, 0.1) is 11.4 Å². The summed E-state index contributed by atoms with van der Waals surface area (Å²) in [5, 5.41) is 5.34. The van der Waals surface area contributed by atoms with Crippen LogP contribution in [0, 0.1) is 6.92 Å². The molecule has 0 fully saturated rings. The Labute approximate surface area is 172 Å². The van der Waals surface area contributed by atoms with Crippen LogP contribution >= 0.6 is 11.3 Å². The zero-order valence-electron chi connectivity index (χ0n) is 15.8. The number of thiazole rings is 1. The minimum atomic E-state index is -0.186. The monoisotopic (exact) mass is 401 g/mol. The van der Waals surface area contributed by atoms with Crippen LogP contribution in [0.25, 0.3) is 12.2 Å². The fourth-order valence-electron chi connectivity index (χ4n) is 2.85. The van der Waals surface area contributed by atoms with E-state index in [1.54, 1.807) is 24.7 Å². The summed E-state index contributed by atoms with van der Waals surface area (Å²) in [5.74, 6) is -0.186. The van der Waals surface area contributed by atoms with Crippen LogP contribution in [0.15, 0.2) is 66.6 Å². The van der Waals surface area contributed by atoms with E-state index >= 15 is 0 Å². The van der Waals surface area contributed by atoms with Crippen molar-refractivity contribution in [3.8, 4) is 0 Å². The van der Waals surface area contributed by atoms with Gasteiger partial charge < -0.3 is 4.57 Å². The van der Waals surface area contributed by atoms with E-state index in [-0.39, 0.29) is 5.91 Å². The third-order valence-corrected chi connectivity index (χ3v) is 5.04. The van der Waals surface area contributed by atoms with Crippen LogP contribution in [0.2, 0.25) is 0 Å². The van der Waals surface area contributed by atoms with Crippen LogP contribution in [0.3, 0.4) is 0 Å². The molecule has 1 N–H and O–H groups in total. The average molecular weight is 401 g/mol. The number of nitrogens with zero attached hydrogens (tertiary/aromatic N) is 4. The maximum Gasteiger partial charge on any atom is 0.274 e. The lowest BCUT2D eigenvalue weighted by atomic mass is 10.2. The van der Waals surface area contributed by atoms with E-state index in [2.05, 4.69) is 20.3 Å². The number of aryl methyl sites for hydroxylation is 1. The lowest BCUT2D eigenvalue weighted by molar-refractivity contribution is 0.101. The highest BCUT2D eigenvalue weighted by Crippen LogP contribution is 2.19. The molecule has 0 saturated heterocycles. The Morgan fingerprint density at radius 2 is 1.97 bits per heavy atom. The zero-order valence-corrected chi connectivity index (χ0v) is 16.6. The highest BCUT2D eigenvalue weighted by atomic mass is 32.1. The van der Waals surface area contributed by atoms with Crippen molar-refractivity contribution in [1.82, 2.24) is 19.5 Å². The molecule has 0 aliphatic carbocycles. The summed E-state index contributed by atoms with van der Waals surface area (Å²) in [4.78, 5) is 25.5. The second kappa shape index (κ2) is 8.62. The fraction of sp³-hybridized carbons (Fsp3) is 0.0909. The first-order valence-electron chi connectivity index (χ1n) is 9.09. The van der Waals surface area contributed by atoms with Crippen molar-refractivity contribution in [3.63, 3.8) is 0 Å². The molecule has 0 aliphatic rings. The van der Waals surface area contributed by atoms with Gasteiger partial charge in [-0.25, -0.2) is 4.98 Å². The van der Waals surface area contributed by atoms with Gasteiger partial charge >= 0.3 is 0 Å². The van der Waals surface area contributed by atoms with Gasteiger partial charge in [-0.1, -0.05) is 0 Å². The Balaban J connectivity index is 1.43. The number of aromatic nitrogens is 4. The molecule has 0 radical (unpaired) electrons. The summed E-state index contributed by atoms with van der Waals surface area (Å²) in [5.41, 5.74) is 4.47. The second-order valence-corrected chi connectivity index (χ2v) is 7.36. The molecular weight excluding hydrogens is 382 g/mol. The fourth-order valence-corrected chi connectivity index (χ4v) is 3.52. The van der Waals surface area contributed by atoms with Crippen LogP contribution in [0.5, 0.6) is 0 Å². The van der Waals surface area contributed by atoms with Crippen LogP contribution in [0.4, 0.5) is 5.13 Å². The molecule has 4 rings (SSSR count). The Morgan fingerprint density at radius 1 is 1.14 bits per heavy atom. The summed E-state index contributed by atoms with van der Waals surface area (Å²) in [7, 11) is 0. The lowest BCUT2D eigenvalue weighted by Gasteiger charge is -2.08. The van der Waals surface area contributed by atoms with Gasteiger partial charge in [-0.2, -0.15) is 0 Å². The summed E-state index contributed by atoms with van der Waals surface area (Å²) in [6, 6.07) is 11.5. The number of hydrogen-bond donors (Lipinski definition) is 1. The molecule has 0 saturated carbocycles. The Bertz CT molecular complexity index is 1150. The van der Waals surface area contributed by atoms with Crippen molar-refractivity contribution in [2.45, 2.75) is 13.5 Å². The van der Waals surface area contributed by atoms with E-state index in [1.165, 1.54) is 11.3 Å². The van der Waals surface area contributed by atoms with Gasteiger partial charge in [-0.15, -0.1) is 11.3 Å². The third kappa shape index (κ3) is 4.83. The minimum absolute atomic E-state index is 0.186. The summed E-state index contributed by atoms with van der Waals surface area (Å²) in [6.07, 6.45) is 11.0. The number of pyridine rings is 2. The lowest BCUT2D eigenvalue weighted by Crippen LogP contribution is -2.17. The van der Waals surface area contributed by atoms with Crippen molar-refractivity contribution in [1.29, 1.82) is 0 Å². The van der Waals surface area contributed by atoms with Gasteiger partial charge in [0.1, 0.15) is 5.69 Å². The molecule has 4 aromatic heterocycles. The Morgan fingerprint density at radius 3 is 2.79 bits per heavy atom. The standard InChI is InChI=1S/C22H19N5OS/c1-16-6-11-24-18(13-16)4-5-19-15-29-22(25-19)26-21(28)20-3-2-12-27(20)14-17-7-9-23-10-8-17/h2-13,15H,14H2,1H3,(H,25,26,28). The van der Waals surface area contributed by atoms with Crippen molar-refractivity contribution in [2.24, 2.45) is 0 Å². The second-order valence-electron chi connectivity index (χ2n) is 6.50. The Hall–Kier alpha value is -3.58. The zero-order chi connectivity index (χ0) is 20.1. The molecule has 0 bridgehead atoms. The topological polar surface area (TPSA) is 72.7 Å². The smallest absolute Gasteiger partial charge is 0.274 e. The van der Waals surface area contributed by atoms with Crippen molar-refractivity contribution >= 4 is 34.5 Å². The molecule has 4 aromatic rings. The molecule has 0 aromatic carbocycles. The van der Waals surface area contributed by atoms with E-state index in [4.69, 9.17) is 0 Å². The molecule has 7 heteroatoms. The number of carbonyl (C=O) groups excluding carboxylic acids is 1.